The highest BCUT2D eigenvalue weighted by atomic mass is 32.2. The van der Waals surface area contributed by atoms with Crippen molar-refractivity contribution in [2.24, 2.45) is 4.99 Å². The number of aryl methyl sites for hydroxylation is 1. The van der Waals surface area contributed by atoms with Gasteiger partial charge in [-0.15, -0.1) is 13.2 Å². The molecule has 0 fully saturated rings. The second-order valence-corrected chi connectivity index (χ2v) is 11.2. The minimum absolute atomic E-state index is 0.279. The summed E-state index contributed by atoms with van der Waals surface area (Å²) in [5.74, 6) is -0.279. The van der Waals surface area contributed by atoms with Gasteiger partial charge in [-0.25, -0.2) is 4.98 Å². The molecule has 0 aliphatic carbocycles. The molecule has 10 heteroatoms. The van der Waals surface area contributed by atoms with Crippen molar-refractivity contribution in [1.29, 1.82) is 0 Å². The number of aromatic nitrogens is 2. The summed E-state index contributed by atoms with van der Waals surface area (Å²) in [5.41, 5.74) is 5.25. The van der Waals surface area contributed by atoms with Crippen LogP contribution in [0.15, 0.2) is 89.0 Å². The number of fused-ring (bicyclic) bond motifs is 3. The third kappa shape index (κ3) is 6.13. The molecule has 0 N–H and O–H groups in total. The molecule has 0 bridgehead atoms. The Labute approximate surface area is 236 Å². The Morgan fingerprint density at radius 2 is 1.88 bits per heavy atom. The van der Waals surface area contributed by atoms with E-state index >= 15 is 0 Å². The van der Waals surface area contributed by atoms with Gasteiger partial charge in [-0.2, -0.15) is 0 Å². The van der Waals surface area contributed by atoms with Crippen molar-refractivity contribution >= 4 is 55.9 Å². The first-order valence-corrected chi connectivity index (χ1v) is 14.2. The Morgan fingerprint density at radius 3 is 2.60 bits per heavy atom. The number of nitrogens with zero attached hydrogens (tertiary/aromatic N) is 3. The highest BCUT2D eigenvalue weighted by molar-refractivity contribution is 7.84. The molecule has 5 aromatic rings. The average molecular weight is 580 g/mol. The molecular formula is C30H24F3N3O2S2. The van der Waals surface area contributed by atoms with Crippen LogP contribution in [0.1, 0.15) is 16.7 Å². The van der Waals surface area contributed by atoms with Gasteiger partial charge in [0.15, 0.2) is 0 Å². The summed E-state index contributed by atoms with van der Waals surface area (Å²) in [7, 11) is -1.09. The molecule has 0 saturated carbocycles. The van der Waals surface area contributed by atoms with Gasteiger partial charge in [-0.05, 0) is 71.5 Å². The molecule has 0 radical (unpaired) electrons. The average Bonchev–Trinajstić information content (AvgIpc) is 3.34. The molecule has 1 heterocycles. The molecule has 0 saturated heterocycles. The van der Waals surface area contributed by atoms with Crippen LogP contribution >= 0.6 is 12.2 Å². The van der Waals surface area contributed by atoms with Crippen LogP contribution < -0.4 is 4.74 Å². The van der Waals surface area contributed by atoms with Crippen LogP contribution in [0.4, 0.5) is 13.2 Å². The number of thiocarbonyl (C=S) groups is 1. The summed E-state index contributed by atoms with van der Waals surface area (Å²) in [6.45, 7) is 2.38. The van der Waals surface area contributed by atoms with Gasteiger partial charge in [0.05, 0.1) is 28.4 Å². The molecule has 1 unspecified atom stereocenters. The molecule has 5 nitrogen and oxygen atoms in total. The number of rotatable bonds is 8. The van der Waals surface area contributed by atoms with Crippen molar-refractivity contribution in [3.05, 3.63) is 95.8 Å². The molecule has 0 amide bonds. The highest BCUT2D eigenvalue weighted by Crippen LogP contribution is 2.29. The van der Waals surface area contributed by atoms with Gasteiger partial charge in [-0.1, -0.05) is 42.5 Å². The van der Waals surface area contributed by atoms with Crippen LogP contribution in [0.3, 0.4) is 0 Å². The molecule has 1 aromatic heterocycles. The lowest BCUT2D eigenvalue weighted by Gasteiger charge is -2.10. The van der Waals surface area contributed by atoms with E-state index < -0.39 is 17.2 Å². The Kier molecular flexibility index (Phi) is 7.82. The van der Waals surface area contributed by atoms with Gasteiger partial charge in [0.25, 0.3) is 0 Å². The fourth-order valence-corrected chi connectivity index (χ4v) is 5.67. The van der Waals surface area contributed by atoms with Crippen LogP contribution in [-0.4, -0.2) is 44.0 Å². The highest BCUT2D eigenvalue weighted by Gasteiger charge is 2.31. The Balaban J connectivity index is 1.32. The SMILES string of the molecule is Cc1cccc(S(C)=O)c1CC(=S)CN=Cc1ccc2c(ccc3c2ncn3-c2ccc(OC(F)(F)F)cc2)c1. The van der Waals surface area contributed by atoms with Gasteiger partial charge >= 0.3 is 6.36 Å². The maximum atomic E-state index is 12.5. The van der Waals surface area contributed by atoms with E-state index in [4.69, 9.17) is 12.2 Å². The van der Waals surface area contributed by atoms with Crippen molar-refractivity contribution in [1.82, 2.24) is 9.55 Å². The van der Waals surface area contributed by atoms with E-state index in [1.807, 2.05) is 60.0 Å². The maximum absolute atomic E-state index is 12.5. The molecule has 1 atom stereocenters. The summed E-state index contributed by atoms with van der Waals surface area (Å²) in [6, 6.07) is 21.3. The van der Waals surface area contributed by atoms with Crippen LogP contribution in [0, 0.1) is 6.92 Å². The topological polar surface area (TPSA) is 56.5 Å². The number of benzene rings is 4. The number of hydrogen-bond acceptors (Lipinski definition) is 5. The molecule has 0 aliphatic rings. The third-order valence-corrected chi connectivity index (χ3v) is 7.74. The van der Waals surface area contributed by atoms with Crippen LogP contribution in [0.2, 0.25) is 0 Å². The molecule has 0 aliphatic heterocycles. The number of alkyl halides is 3. The zero-order chi connectivity index (χ0) is 28.4. The second-order valence-electron chi connectivity index (χ2n) is 9.26. The maximum Gasteiger partial charge on any atom is 0.573 e. The number of halogens is 3. The van der Waals surface area contributed by atoms with Gasteiger partial charge < -0.3 is 4.74 Å². The van der Waals surface area contributed by atoms with Crippen LogP contribution in [0.5, 0.6) is 5.75 Å². The van der Waals surface area contributed by atoms with E-state index in [0.717, 1.165) is 48.3 Å². The number of ether oxygens (including phenoxy) is 1. The number of hydrogen-bond donors (Lipinski definition) is 0. The number of imidazole rings is 1. The Hall–Kier alpha value is -3.89. The summed E-state index contributed by atoms with van der Waals surface area (Å²) in [6.07, 6.45) is 0.917. The molecule has 5 rings (SSSR count). The van der Waals surface area contributed by atoms with Crippen LogP contribution in [0.25, 0.3) is 27.5 Å². The minimum Gasteiger partial charge on any atom is -0.406 e. The summed E-state index contributed by atoms with van der Waals surface area (Å²) in [4.78, 5) is 10.7. The Morgan fingerprint density at radius 1 is 1.10 bits per heavy atom. The summed E-state index contributed by atoms with van der Waals surface area (Å²) in [5, 5.41) is 1.92. The van der Waals surface area contributed by atoms with E-state index in [0.29, 0.717) is 18.7 Å². The predicted octanol–water partition coefficient (Wildman–Crippen LogP) is 7.15. The molecular weight excluding hydrogens is 555 g/mol. The molecule has 204 valence electrons. The summed E-state index contributed by atoms with van der Waals surface area (Å²) >= 11 is 5.58. The summed E-state index contributed by atoms with van der Waals surface area (Å²) < 4.78 is 55.3. The van der Waals surface area contributed by atoms with Crippen molar-refractivity contribution < 1.29 is 22.1 Å². The van der Waals surface area contributed by atoms with Crippen molar-refractivity contribution in [3.63, 3.8) is 0 Å². The standard InChI is InChI=1S/C30H24F3N3O2S2/c1-19-4-3-5-28(40(2)37)26(19)15-24(39)17-34-16-20-6-12-25-21(14-20)7-13-27-29(25)35-18-36(27)22-8-10-23(11-9-22)38-30(31,32)33/h3-14,16,18H,15,17H2,1-2H3. The fraction of sp³-hybridized carbons (Fsp3) is 0.167. The lowest BCUT2D eigenvalue weighted by Crippen LogP contribution is -2.17. The van der Waals surface area contributed by atoms with Crippen LogP contribution in [-0.2, 0) is 17.2 Å². The monoisotopic (exact) mass is 579 g/mol. The second kappa shape index (κ2) is 11.3. The van der Waals surface area contributed by atoms with Crippen molar-refractivity contribution in [2.75, 3.05) is 12.8 Å². The van der Waals surface area contributed by atoms with E-state index in [1.165, 1.54) is 12.1 Å². The third-order valence-electron chi connectivity index (χ3n) is 6.46. The van der Waals surface area contributed by atoms with Gasteiger partial charge in [0.1, 0.15) is 12.1 Å². The minimum atomic E-state index is -4.74. The zero-order valence-corrected chi connectivity index (χ0v) is 23.2. The lowest BCUT2D eigenvalue weighted by atomic mass is 10.0. The zero-order valence-electron chi connectivity index (χ0n) is 21.6. The van der Waals surface area contributed by atoms with Gasteiger partial charge in [0, 0.05) is 39.7 Å². The first-order chi connectivity index (χ1) is 19.1. The van der Waals surface area contributed by atoms with Crippen molar-refractivity contribution in [2.45, 2.75) is 24.6 Å². The normalized spacial score (nSPS) is 12.8. The van der Waals surface area contributed by atoms with Crippen molar-refractivity contribution in [3.8, 4) is 11.4 Å². The first kappa shape index (κ1) is 27.7. The molecule has 0 spiro atoms. The number of aliphatic imine (C=N–C) groups is 1. The smallest absolute Gasteiger partial charge is 0.406 e. The lowest BCUT2D eigenvalue weighted by molar-refractivity contribution is -0.274. The van der Waals surface area contributed by atoms with E-state index in [2.05, 4.69) is 14.7 Å². The molecule has 4 aromatic carbocycles. The van der Waals surface area contributed by atoms with E-state index in [1.54, 1.807) is 30.9 Å². The van der Waals surface area contributed by atoms with Gasteiger partial charge in [0.2, 0.25) is 0 Å². The van der Waals surface area contributed by atoms with Gasteiger partial charge in [-0.3, -0.25) is 13.8 Å². The first-order valence-electron chi connectivity index (χ1n) is 12.3. The predicted molar refractivity (Wildman–Crippen MR) is 158 cm³/mol. The quantitative estimate of drug-likeness (QED) is 0.145. The largest absolute Gasteiger partial charge is 0.573 e. The molecule has 40 heavy (non-hydrogen) atoms. The van der Waals surface area contributed by atoms with E-state index in [-0.39, 0.29) is 5.75 Å². The van der Waals surface area contributed by atoms with E-state index in [9.17, 15) is 17.4 Å². The Bertz CT molecular complexity index is 1780. The fourth-order valence-electron chi connectivity index (χ4n) is 4.60.